The lowest BCUT2D eigenvalue weighted by atomic mass is 9.75. The molecule has 86 valence electrons. The second kappa shape index (κ2) is 4.08. The number of piperidine rings is 1. The van der Waals surface area contributed by atoms with E-state index in [-0.39, 0.29) is 11.8 Å². The summed E-state index contributed by atoms with van der Waals surface area (Å²) in [5.41, 5.74) is 0.557. The largest absolute Gasteiger partial charge is 0.468 e. The van der Waals surface area contributed by atoms with E-state index in [1.807, 2.05) is 6.08 Å². The van der Waals surface area contributed by atoms with E-state index in [0.29, 0.717) is 12.0 Å². The Labute approximate surface area is 92.8 Å². The van der Waals surface area contributed by atoms with Gasteiger partial charge in [-0.05, 0) is 19.3 Å². The summed E-state index contributed by atoms with van der Waals surface area (Å²) in [7, 11) is 1.25. The van der Waals surface area contributed by atoms with Crippen molar-refractivity contribution >= 4 is 17.8 Å². The number of allylic oxidation sites excluding steroid dienone is 1. The molecule has 0 aromatic heterocycles. The third-order valence-electron chi connectivity index (χ3n) is 3.12. The number of methoxy groups -OCH3 is 1. The maximum Gasteiger partial charge on any atom is 0.318 e. The lowest BCUT2D eigenvalue weighted by Gasteiger charge is -2.32. The summed E-state index contributed by atoms with van der Waals surface area (Å²) in [6.07, 6.45) is 4.21. The number of hydrogen-bond acceptors (Lipinski definition) is 4. The first-order chi connectivity index (χ1) is 7.65. The van der Waals surface area contributed by atoms with Crippen molar-refractivity contribution < 1.29 is 19.1 Å². The summed E-state index contributed by atoms with van der Waals surface area (Å²) < 4.78 is 4.61. The smallest absolute Gasteiger partial charge is 0.318 e. The Morgan fingerprint density at radius 3 is 2.94 bits per heavy atom. The second-order valence-corrected chi connectivity index (χ2v) is 4.02. The van der Waals surface area contributed by atoms with Crippen molar-refractivity contribution in [2.75, 3.05) is 7.11 Å². The molecule has 1 fully saturated rings. The van der Waals surface area contributed by atoms with Crippen LogP contribution in [0.1, 0.15) is 19.3 Å². The minimum absolute atomic E-state index is 0.303. The molecule has 1 heterocycles. The Morgan fingerprint density at radius 1 is 1.50 bits per heavy atom. The lowest BCUT2D eigenvalue weighted by Crippen LogP contribution is -2.51. The summed E-state index contributed by atoms with van der Waals surface area (Å²) in [5.74, 6) is -2.64. The van der Waals surface area contributed by atoms with Gasteiger partial charge in [0.05, 0.1) is 7.11 Å². The number of rotatable bonds is 1. The van der Waals surface area contributed by atoms with Crippen LogP contribution < -0.4 is 5.32 Å². The number of nitrogens with one attached hydrogen (secondary N) is 1. The number of hydrogen-bond donors (Lipinski definition) is 1. The average Bonchev–Trinajstić information content (AvgIpc) is 2.28. The fourth-order valence-electron chi connectivity index (χ4n) is 2.35. The van der Waals surface area contributed by atoms with Gasteiger partial charge in [-0.2, -0.15) is 0 Å². The van der Waals surface area contributed by atoms with Gasteiger partial charge in [-0.3, -0.25) is 19.7 Å². The van der Waals surface area contributed by atoms with E-state index in [0.717, 1.165) is 12.8 Å². The molecule has 0 saturated carbocycles. The van der Waals surface area contributed by atoms with Gasteiger partial charge >= 0.3 is 5.97 Å². The average molecular weight is 223 g/mol. The Morgan fingerprint density at radius 2 is 2.25 bits per heavy atom. The standard InChI is InChI=1S/C11H13NO4/c1-16-11(15)8-6-4-2-3-5-7(6)9(13)12-10(8)14/h5-6,8H,2-4H2,1H3,(H,12,13,14). The quantitative estimate of drug-likeness (QED) is 0.390. The highest BCUT2D eigenvalue weighted by molar-refractivity contribution is 6.14. The normalized spacial score (nSPS) is 28.9. The van der Waals surface area contributed by atoms with Gasteiger partial charge in [-0.25, -0.2) is 0 Å². The number of imide groups is 1. The Bertz CT molecular complexity index is 385. The van der Waals surface area contributed by atoms with E-state index >= 15 is 0 Å². The van der Waals surface area contributed by atoms with Gasteiger partial charge in [0.1, 0.15) is 5.92 Å². The SMILES string of the molecule is COC(=O)C1C(=O)NC(=O)C2=CCCCC21. The molecule has 1 aliphatic carbocycles. The number of carbonyl (C=O) groups is 3. The molecule has 2 aliphatic rings. The molecule has 0 bridgehead atoms. The lowest BCUT2D eigenvalue weighted by molar-refractivity contribution is -0.154. The number of amides is 2. The van der Waals surface area contributed by atoms with Crippen molar-refractivity contribution in [3.05, 3.63) is 11.6 Å². The summed E-state index contributed by atoms with van der Waals surface area (Å²) >= 11 is 0. The van der Waals surface area contributed by atoms with Crippen molar-refractivity contribution in [3.63, 3.8) is 0 Å². The molecule has 0 aromatic rings. The van der Waals surface area contributed by atoms with Crippen molar-refractivity contribution in [2.45, 2.75) is 19.3 Å². The van der Waals surface area contributed by atoms with E-state index in [9.17, 15) is 14.4 Å². The Balaban J connectivity index is 2.34. The van der Waals surface area contributed by atoms with Crippen LogP contribution in [0.15, 0.2) is 11.6 Å². The predicted molar refractivity (Wildman–Crippen MR) is 54.1 cm³/mol. The van der Waals surface area contributed by atoms with E-state index in [1.54, 1.807) is 0 Å². The zero-order chi connectivity index (χ0) is 11.7. The van der Waals surface area contributed by atoms with Gasteiger partial charge in [-0.1, -0.05) is 6.08 Å². The zero-order valence-corrected chi connectivity index (χ0v) is 8.99. The first kappa shape index (κ1) is 10.9. The van der Waals surface area contributed by atoms with Gasteiger partial charge in [0.2, 0.25) is 5.91 Å². The number of ether oxygens (including phenoxy) is 1. The number of carbonyl (C=O) groups excluding carboxylic acids is 3. The molecule has 2 rings (SSSR count). The van der Waals surface area contributed by atoms with Gasteiger partial charge in [0.25, 0.3) is 5.91 Å². The molecule has 0 aromatic carbocycles. The van der Waals surface area contributed by atoms with Crippen LogP contribution in [0, 0.1) is 11.8 Å². The first-order valence-electron chi connectivity index (χ1n) is 5.28. The summed E-state index contributed by atoms with van der Waals surface area (Å²) in [6, 6.07) is 0. The predicted octanol–water partition coefficient (Wildman–Crippen LogP) is 0.158. The minimum Gasteiger partial charge on any atom is -0.468 e. The number of esters is 1. The molecule has 2 amide bonds. The van der Waals surface area contributed by atoms with Crippen molar-refractivity contribution in [1.82, 2.24) is 5.32 Å². The molecule has 2 unspecified atom stereocenters. The molecule has 16 heavy (non-hydrogen) atoms. The van der Waals surface area contributed by atoms with E-state index in [1.165, 1.54) is 7.11 Å². The van der Waals surface area contributed by atoms with Crippen LogP contribution in [0.3, 0.4) is 0 Å². The Kier molecular flexibility index (Phi) is 2.77. The fraction of sp³-hybridized carbons (Fsp3) is 0.545. The molecule has 0 radical (unpaired) electrons. The molecular weight excluding hydrogens is 210 g/mol. The molecule has 0 spiro atoms. The molecule has 2 atom stereocenters. The van der Waals surface area contributed by atoms with E-state index in [2.05, 4.69) is 10.1 Å². The molecule has 5 nitrogen and oxygen atoms in total. The first-order valence-corrected chi connectivity index (χ1v) is 5.28. The highest BCUT2D eigenvalue weighted by atomic mass is 16.5. The second-order valence-electron chi connectivity index (χ2n) is 4.02. The maximum atomic E-state index is 11.6. The van der Waals surface area contributed by atoms with Crippen LogP contribution in [-0.4, -0.2) is 24.9 Å². The van der Waals surface area contributed by atoms with Crippen molar-refractivity contribution in [1.29, 1.82) is 0 Å². The van der Waals surface area contributed by atoms with Crippen molar-refractivity contribution in [3.8, 4) is 0 Å². The van der Waals surface area contributed by atoms with Gasteiger partial charge < -0.3 is 4.74 Å². The molecule has 5 heteroatoms. The fourth-order valence-corrected chi connectivity index (χ4v) is 2.35. The molecule has 1 N–H and O–H groups in total. The van der Waals surface area contributed by atoms with E-state index < -0.39 is 17.8 Å². The van der Waals surface area contributed by atoms with Crippen LogP contribution in [-0.2, 0) is 19.1 Å². The maximum absolute atomic E-state index is 11.6. The molecule has 1 aliphatic heterocycles. The monoisotopic (exact) mass is 223 g/mol. The summed E-state index contributed by atoms with van der Waals surface area (Å²) in [4.78, 5) is 34.7. The van der Waals surface area contributed by atoms with Crippen molar-refractivity contribution in [2.24, 2.45) is 11.8 Å². The Hall–Kier alpha value is -1.65. The molecular formula is C11H13NO4. The summed E-state index contributed by atoms with van der Waals surface area (Å²) in [5, 5.41) is 2.20. The van der Waals surface area contributed by atoms with Crippen LogP contribution in [0.2, 0.25) is 0 Å². The van der Waals surface area contributed by atoms with Gasteiger partial charge in [0.15, 0.2) is 0 Å². The van der Waals surface area contributed by atoms with E-state index in [4.69, 9.17) is 0 Å². The highest BCUT2D eigenvalue weighted by Crippen LogP contribution is 2.34. The van der Waals surface area contributed by atoms with Crippen LogP contribution in [0.4, 0.5) is 0 Å². The van der Waals surface area contributed by atoms with Crippen LogP contribution in [0.25, 0.3) is 0 Å². The zero-order valence-electron chi connectivity index (χ0n) is 8.99. The molecule has 1 saturated heterocycles. The highest BCUT2D eigenvalue weighted by Gasteiger charge is 2.45. The van der Waals surface area contributed by atoms with Gasteiger partial charge in [-0.15, -0.1) is 0 Å². The third-order valence-corrected chi connectivity index (χ3v) is 3.12. The van der Waals surface area contributed by atoms with Crippen LogP contribution in [0.5, 0.6) is 0 Å². The number of fused-ring (bicyclic) bond motifs is 1. The van der Waals surface area contributed by atoms with Gasteiger partial charge in [0, 0.05) is 11.5 Å². The third kappa shape index (κ3) is 1.62. The topological polar surface area (TPSA) is 72.5 Å². The van der Waals surface area contributed by atoms with Crippen LogP contribution >= 0.6 is 0 Å². The minimum atomic E-state index is -0.866. The summed E-state index contributed by atoms with van der Waals surface area (Å²) in [6.45, 7) is 0.